The van der Waals surface area contributed by atoms with Crippen molar-refractivity contribution in [2.45, 2.75) is 49.0 Å². The molecule has 5 rings (SSSR count). The van der Waals surface area contributed by atoms with E-state index >= 15 is 0 Å². The number of anilines is 1. The average molecular weight is 669 g/mol. The Bertz CT molecular complexity index is 1590. The van der Waals surface area contributed by atoms with Crippen LogP contribution in [-0.4, -0.2) is 110 Å². The Kier molecular flexibility index (Phi) is 8.97. The Morgan fingerprint density at radius 1 is 0.977 bits per heavy atom. The number of carbonyl (C=O) groups excluding carboxylic acids is 1. The van der Waals surface area contributed by atoms with Gasteiger partial charge in [0.25, 0.3) is 5.91 Å². The Morgan fingerprint density at radius 2 is 1.60 bits per heavy atom. The van der Waals surface area contributed by atoms with Gasteiger partial charge < -0.3 is 51.2 Å². The molecule has 2 saturated heterocycles. The van der Waals surface area contributed by atoms with Crippen molar-refractivity contribution in [2.24, 2.45) is 5.73 Å². The first-order chi connectivity index (χ1) is 20.2. The van der Waals surface area contributed by atoms with Crippen molar-refractivity contribution in [1.29, 1.82) is 0 Å². The molecule has 5 heterocycles. The van der Waals surface area contributed by atoms with E-state index in [0.717, 1.165) is 17.7 Å². The molecule has 2 aliphatic rings. The molecule has 236 valence electrons. The molecule has 0 aliphatic carbocycles. The van der Waals surface area contributed by atoms with Crippen LogP contribution in [0.25, 0.3) is 11.2 Å². The highest BCUT2D eigenvalue weighted by Crippen LogP contribution is 2.61. The minimum Gasteiger partial charge on any atom is -0.387 e. The number of rotatable bonds is 11. The van der Waals surface area contributed by atoms with Gasteiger partial charge in [-0.3, -0.25) is 18.4 Å². The van der Waals surface area contributed by atoms with Crippen molar-refractivity contribution < 1.29 is 67.0 Å². The molecule has 0 saturated carbocycles. The number of hydrogen-bond acceptors (Lipinski definition) is 18. The van der Waals surface area contributed by atoms with Gasteiger partial charge in [0, 0.05) is 5.38 Å². The standard InChI is InChI=1S/C19H25N7O14P2S/c20-15-9-17(23-4-22-15)26(5-24-9)19-13(30)11(28)8(39-19)2-37-42(34,35)40-41(32,33)36-1-7-10(27)12(29)14(38-7)18-25-6(3-43-18)16(21)31/h3-5,7-8,10-14,19,27-30H,1-2H2,(H2,21,31)(H,32,33)(H,34,35)(H2,20,22,23)/t7-,8+,10+,11-,12-,13-,14-,19+/m1/s1. The third-order valence-electron chi connectivity index (χ3n) is 6.39. The van der Waals surface area contributed by atoms with Gasteiger partial charge in [0.05, 0.1) is 19.5 Å². The van der Waals surface area contributed by atoms with Crippen molar-refractivity contribution in [3.63, 3.8) is 0 Å². The fourth-order valence-electron chi connectivity index (χ4n) is 4.29. The summed E-state index contributed by atoms with van der Waals surface area (Å²) < 4.78 is 50.6. The van der Waals surface area contributed by atoms with Gasteiger partial charge >= 0.3 is 15.6 Å². The number of ether oxygens (including phenoxy) is 2. The first kappa shape index (κ1) is 31.9. The van der Waals surface area contributed by atoms with E-state index in [1.165, 1.54) is 16.3 Å². The second-order valence-corrected chi connectivity index (χ2v) is 13.2. The highest BCUT2D eigenvalue weighted by atomic mass is 32.1. The van der Waals surface area contributed by atoms with E-state index in [0.29, 0.717) is 0 Å². The smallest absolute Gasteiger partial charge is 0.387 e. The number of nitrogens with two attached hydrogens (primary N) is 2. The maximum Gasteiger partial charge on any atom is 0.481 e. The summed E-state index contributed by atoms with van der Waals surface area (Å²) in [7, 11) is -10.7. The van der Waals surface area contributed by atoms with E-state index in [9.17, 15) is 44.1 Å². The number of amides is 1. The fraction of sp³-hybridized carbons (Fsp3) is 0.526. The zero-order chi connectivity index (χ0) is 31.3. The molecule has 24 heteroatoms. The second-order valence-electron chi connectivity index (χ2n) is 9.25. The van der Waals surface area contributed by atoms with Gasteiger partial charge in [-0.25, -0.2) is 29.1 Å². The highest BCUT2D eigenvalue weighted by Gasteiger charge is 2.48. The molecule has 10 N–H and O–H groups in total. The molecule has 3 aromatic rings. The van der Waals surface area contributed by atoms with Crippen LogP contribution in [0.2, 0.25) is 0 Å². The number of hydrogen-bond donors (Lipinski definition) is 8. The van der Waals surface area contributed by atoms with Crippen LogP contribution in [0.5, 0.6) is 0 Å². The van der Waals surface area contributed by atoms with Gasteiger partial charge in [-0.1, -0.05) is 0 Å². The molecule has 0 radical (unpaired) electrons. The summed E-state index contributed by atoms with van der Waals surface area (Å²) in [6.07, 6.45) is -9.48. The fourth-order valence-corrected chi connectivity index (χ4v) is 7.26. The van der Waals surface area contributed by atoms with Crippen LogP contribution < -0.4 is 11.5 Å². The van der Waals surface area contributed by atoms with E-state index < -0.39 is 83.7 Å². The number of nitrogens with zero attached hydrogens (tertiary/aromatic N) is 5. The summed E-state index contributed by atoms with van der Waals surface area (Å²) in [4.78, 5) is 47.0. The number of fused-ring (bicyclic) bond motifs is 1. The summed E-state index contributed by atoms with van der Waals surface area (Å²) in [5.74, 6) is -0.782. The van der Waals surface area contributed by atoms with Crippen LogP contribution >= 0.6 is 27.0 Å². The molecule has 43 heavy (non-hydrogen) atoms. The number of primary amides is 1. The molecule has 2 fully saturated rings. The van der Waals surface area contributed by atoms with Gasteiger partial charge in [-0.15, -0.1) is 11.3 Å². The highest BCUT2D eigenvalue weighted by molar-refractivity contribution is 7.61. The van der Waals surface area contributed by atoms with Crippen LogP contribution in [0, 0.1) is 0 Å². The van der Waals surface area contributed by atoms with E-state index in [-0.39, 0.29) is 27.7 Å². The first-order valence-corrected chi connectivity index (χ1v) is 15.9. The first-order valence-electron chi connectivity index (χ1n) is 12.0. The zero-order valence-corrected chi connectivity index (χ0v) is 24.0. The predicted molar refractivity (Wildman–Crippen MR) is 139 cm³/mol. The Balaban J connectivity index is 1.15. The van der Waals surface area contributed by atoms with Gasteiger partial charge in [-0.05, 0) is 0 Å². The number of carbonyl (C=O) groups is 1. The molecule has 2 unspecified atom stereocenters. The summed E-state index contributed by atoms with van der Waals surface area (Å²) >= 11 is 0.908. The molecule has 0 aromatic carbocycles. The minimum atomic E-state index is -5.37. The van der Waals surface area contributed by atoms with Crippen LogP contribution in [0.1, 0.15) is 27.8 Å². The molecule has 3 aromatic heterocycles. The molecular weight excluding hydrogens is 644 g/mol. The molecular formula is C19H25N7O14P2S. The zero-order valence-electron chi connectivity index (χ0n) is 21.4. The number of aliphatic hydroxyl groups excluding tert-OH is 4. The lowest BCUT2D eigenvalue weighted by atomic mass is 10.1. The molecule has 2 aliphatic heterocycles. The maximum atomic E-state index is 12.4. The van der Waals surface area contributed by atoms with Crippen molar-refractivity contribution in [3.05, 3.63) is 28.7 Å². The van der Waals surface area contributed by atoms with E-state index in [4.69, 9.17) is 25.5 Å². The third kappa shape index (κ3) is 6.62. The summed E-state index contributed by atoms with van der Waals surface area (Å²) in [5.41, 5.74) is 11.1. The summed E-state index contributed by atoms with van der Waals surface area (Å²) in [6.45, 7) is -1.80. The molecule has 0 spiro atoms. The number of aliphatic hydroxyl groups is 4. The minimum absolute atomic E-state index is 0.0500. The van der Waals surface area contributed by atoms with Crippen molar-refractivity contribution >= 4 is 49.9 Å². The van der Waals surface area contributed by atoms with Crippen LogP contribution in [-0.2, 0) is 32.0 Å². The van der Waals surface area contributed by atoms with Crippen LogP contribution in [0.4, 0.5) is 5.82 Å². The number of aromatic nitrogens is 5. The largest absolute Gasteiger partial charge is 0.481 e. The molecule has 10 atom stereocenters. The van der Waals surface area contributed by atoms with Crippen molar-refractivity contribution in [2.75, 3.05) is 18.9 Å². The van der Waals surface area contributed by atoms with Gasteiger partial charge in [0.15, 0.2) is 17.7 Å². The monoisotopic (exact) mass is 669 g/mol. The Labute approximate surface area is 243 Å². The van der Waals surface area contributed by atoms with Gasteiger partial charge in [0.2, 0.25) is 0 Å². The lowest BCUT2D eigenvalue weighted by Gasteiger charge is -2.20. The van der Waals surface area contributed by atoms with Gasteiger partial charge in [0.1, 0.15) is 65.3 Å². The molecule has 21 nitrogen and oxygen atoms in total. The lowest BCUT2D eigenvalue weighted by molar-refractivity contribution is -0.0507. The summed E-state index contributed by atoms with van der Waals surface area (Å²) in [6, 6.07) is 0. The normalized spacial score (nSPS) is 32.1. The SMILES string of the molecule is NC(=O)c1csc([C@@H]2O[C@H](COP(=O)(O)OP(=O)(O)OC[C@@H]3O[C@H](n4cnc5c(N)ncnc54)[C@H](O)[C@@H]3O)[C@H](O)[C@H]2O)n1. The molecule has 0 bridgehead atoms. The average Bonchev–Trinajstić information content (AvgIpc) is 3.70. The third-order valence-corrected chi connectivity index (χ3v) is 9.90. The van der Waals surface area contributed by atoms with Crippen molar-refractivity contribution in [1.82, 2.24) is 24.5 Å². The quantitative estimate of drug-likeness (QED) is 0.0994. The predicted octanol–water partition coefficient (Wildman–Crippen LogP) is -2.30. The van der Waals surface area contributed by atoms with E-state index in [2.05, 4.69) is 28.8 Å². The topological polar surface area (TPSA) is 327 Å². The van der Waals surface area contributed by atoms with Crippen LogP contribution in [0.15, 0.2) is 18.0 Å². The second kappa shape index (κ2) is 12.1. The van der Waals surface area contributed by atoms with E-state index in [1.54, 1.807) is 0 Å². The lowest BCUT2D eigenvalue weighted by Crippen LogP contribution is -2.33. The van der Waals surface area contributed by atoms with Crippen molar-refractivity contribution in [3.8, 4) is 0 Å². The molecule has 1 amide bonds. The van der Waals surface area contributed by atoms with Crippen LogP contribution in [0.3, 0.4) is 0 Å². The number of phosphoric ester groups is 2. The maximum absolute atomic E-state index is 12.4. The van der Waals surface area contributed by atoms with Gasteiger partial charge in [-0.2, -0.15) is 4.31 Å². The number of nitrogen functional groups attached to an aromatic ring is 1. The summed E-state index contributed by atoms with van der Waals surface area (Å²) in [5, 5.41) is 42.8. The number of phosphoric acid groups is 2. The Hall–Kier alpha value is -2.53. The van der Waals surface area contributed by atoms with E-state index in [1.807, 2.05) is 0 Å². The number of imidazole rings is 1. The number of thiazole rings is 1. The Morgan fingerprint density at radius 3 is 2.23 bits per heavy atom.